The molecule has 5 fully saturated rings. The third kappa shape index (κ3) is 7.78. The first-order chi connectivity index (χ1) is 27.3. The van der Waals surface area contributed by atoms with Crippen LogP contribution in [0.3, 0.4) is 0 Å². The largest absolute Gasteiger partial charge is 0.497 e. The van der Waals surface area contributed by atoms with E-state index >= 15 is 0 Å². The Hall–Kier alpha value is -3.74. The molecule has 3 aliphatic heterocycles. The molecular weight excluding hydrogens is 747 g/mol. The molecule has 5 atom stereocenters. The van der Waals surface area contributed by atoms with Crippen LogP contribution in [0, 0.1) is 17.3 Å². The standard InChI is InChI=1S/C44H59N3O9S/c1-4-34-39-32(33-23-31(54-3)16-17-35(33)45-34)18-19-43(56-39)25-36-37(48)26-44(41(51)46-57(52,53)42(2)20-21-42)24-29(44)13-9-7-5-6-8-12-28(40(50)47(36)27-43)22-38(49)55-30-14-10-11-15-30/h16-17,23,28-30,36H,4-15,18-22,24-27H2,1-3H3,(H,46,51)/t28-,29-,36+,43-,44-/m1/s1. The Balaban J connectivity index is 1.13. The van der Waals surface area contributed by atoms with E-state index in [0.29, 0.717) is 56.4 Å². The van der Waals surface area contributed by atoms with Gasteiger partial charge in [0.1, 0.15) is 23.2 Å². The van der Waals surface area contributed by atoms with Crippen LogP contribution in [0.25, 0.3) is 10.9 Å². The molecule has 8 rings (SSSR count). The fourth-order valence-electron chi connectivity index (χ4n) is 10.3. The number of nitrogens with zero attached hydrogens (tertiary/aromatic N) is 2. The van der Waals surface area contributed by atoms with Crippen LogP contribution in [0.2, 0.25) is 0 Å². The number of benzene rings is 1. The number of esters is 1. The summed E-state index contributed by atoms with van der Waals surface area (Å²) in [5.41, 5.74) is 0.630. The van der Waals surface area contributed by atoms with Gasteiger partial charge in [-0.05, 0) is 108 Å². The van der Waals surface area contributed by atoms with Crippen LogP contribution in [0.1, 0.15) is 141 Å². The molecule has 1 spiro atoms. The van der Waals surface area contributed by atoms with Crippen molar-refractivity contribution in [1.29, 1.82) is 0 Å². The maximum Gasteiger partial charge on any atom is 0.306 e. The van der Waals surface area contributed by atoms with Gasteiger partial charge in [-0.2, -0.15) is 0 Å². The van der Waals surface area contributed by atoms with Crippen molar-refractivity contribution in [2.75, 3.05) is 13.7 Å². The highest BCUT2D eigenvalue weighted by molar-refractivity contribution is 7.91. The van der Waals surface area contributed by atoms with Gasteiger partial charge in [0.15, 0.2) is 5.78 Å². The number of fused-ring (bicyclic) bond motifs is 5. The van der Waals surface area contributed by atoms with E-state index in [4.69, 9.17) is 19.2 Å². The number of carbonyl (C=O) groups is 4. The van der Waals surface area contributed by atoms with Gasteiger partial charge in [0, 0.05) is 29.7 Å². The van der Waals surface area contributed by atoms with Crippen molar-refractivity contribution in [3.63, 3.8) is 0 Å². The van der Waals surface area contributed by atoms with Gasteiger partial charge >= 0.3 is 5.97 Å². The quantitative estimate of drug-likeness (QED) is 0.286. The number of methoxy groups -OCH3 is 1. The molecule has 13 heteroatoms. The topological polar surface area (TPSA) is 158 Å². The van der Waals surface area contributed by atoms with Crippen molar-refractivity contribution in [3.05, 3.63) is 29.5 Å². The van der Waals surface area contributed by atoms with E-state index in [2.05, 4.69) is 4.72 Å². The maximum absolute atomic E-state index is 15.0. The Kier molecular flexibility index (Phi) is 10.9. The molecule has 3 saturated carbocycles. The molecule has 0 bridgehead atoms. The van der Waals surface area contributed by atoms with Crippen LogP contribution in [0.4, 0.5) is 0 Å². The van der Waals surface area contributed by atoms with Gasteiger partial charge in [-0.3, -0.25) is 23.9 Å². The molecule has 2 saturated heterocycles. The second-order valence-corrected chi connectivity index (χ2v) is 20.5. The summed E-state index contributed by atoms with van der Waals surface area (Å²) < 4.78 is 46.5. The zero-order chi connectivity index (χ0) is 40.2. The molecule has 6 aliphatic rings. The van der Waals surface area contributed by atoms with Crippen LogP contribution < -0.4 is 14.2 Å². The van der Waals surface area contributed by atoms with E-state index in [1.165, 1.54) is 0 Å². The summed E-state index contributed by atoms with van der Waals surface area (Å²) in [6, 6.07) is 4.92. The lowest BCUT2D eigenvalue weighted by Gasteiger charge is -2.37. The monoisotopic (exact) mass is 805 g/mol. The Morgan fingerprint density at radius 1 is 0.982 bits per heavy atom. The van der Waals surface area contributed by atoms with Crippen LogP contribution in [0.15, 0.2) is 18.2 Å². The summed E-state index contributed by atoms with van der Waals surface area (Å²) in [6.07, 6.45) is 12.5. The predicted octanol–water partition coefficient (Wildman–Crippen LogP) is 6.67. The zero-order valence-electron chi connectivity index (χ0n) is 33.9. The summed E-state index contributed by atoms with van der Waals surface area (Å²) in [7, 11) is -2.28. The number of pyridine rings is 1. The Bertz CT molecular complexity index is 2040. The average Bonchev–Trinajstić information content (AvgIpc) is 3.99. The number of aryl methyl sites for hydroxylation is 2. The summed E-state index contributed by atoms with van der Waals surface area (Å²) >= 11 is 0. The van der Waals surface area contributed by atoms with Gasteiger partial charge in [0.2, 0.25) is 21.8 Å². The lowest BCUT2D eigenvalue weighted by Crippen LogP contribution is -2.48. The van der Waals surface area contributed by atoms with Crippen LogP contribution >= 0.6 is 0 Å². The van der Waals surface area contributed by atoms with Gasteiger partial charge in [0.05, 0.1) is 47.5 Å². The highest BCUT2D eigenvalue weighted by Gasteiger charge is 2.64. The first-order valence-corrected chi connectivity index (χ1v) is 23.1. The second kappa shape index (κ2) is 15.5. The molecular formula is C44H59N3O9S. The van der Waals surface area contributed by atoms with Gasteiger partial charge in [-0.15, -0.1) is 0 Å². The van der Waals surface area contributed by atoms with Crippen LogP contribution in [-0.4, -0.2) is 78.0 Å². The minimum Gasteiger partial charge on any atom is -0.497 e. The van der Waals surface area contributed by atoms with E-state index in [1.54, 1.807) is 18.9 Å². The Morgan fingerprint density at radius 2 is 1.70 bits per heavy atom. The smallest absolute Gasteiger partial charge is 0.306 e. The number of rotatable bonds is 8. The van der Waals surface area contributed by atoms with Crippen LogP contribution in [0.5, 0.6) is 11.5 Å². The Morgan fingerprint density at radius 3 is 2.42 bits per heavy atom. The SMILES string of the molecule is CCc1nc2ccc(OC)cc2c2c1O[C@]1(CC2)C[C@H]2C(=O)C[C@]3(C(=O)NS(=O)(=O)C4(C)CC4)C[C@H]3CCCCCCC[C@H](CC(=O)OC3CCCC3)C(=O)N2C1. The minimum atomic E-state index is -3.91. The normalized spacial score (nSPS) is 30.4. The molecule has 12 nitrogen and oxygen atoms in total. The number of carbonyl (C=O) groups excluding carboxylic acids is 4. The van der Waals surface area contributed by atoms with Crippen molar-refractivity contribution in [2.24, 2.45) is 17.3 Å². The fourth-order valence-corrected chi connectivity index (χ4v) is 11.6. The van der Waals surface area contributed by atoms with Crippen molar-refractivity contribution in [2.45, 2.75) is 165 Å². The average molecular weight is 806 g/mol. The lowest BCUT2D eigenvalue weighted by molar-refractivity contribution is -0.154. The van der Waals surface area contributed by atoms with Gasteiger partial charge in [-0.25, -0.2) is 13.4 Å². The highest BCUT2D eigenvalue weighted by atomic mass is 32.2. The molecule has 4 heterocycles. The highest BCUT2D eigenvalue weighted by Crippen LogP contribution is 2.59. The molecule has 1 N–H and O–H groups in total. The summed E-state index contributed by atoms with van der Waals surface area (Å²) in [5, 5.41) is 0.944. The Labute approximate surface area is 336 Å². The van der Waals surface area contributed by atoms with Gasteiger partial charge in [-0.1, -0.05) is 39.0 Å². The van der Waals surface area contributed by atoms with Crippen molar-refractivity contribution < 1.29 is 41.8 Å². The van der Waals surface area contributed by atoms with Crippen LogP contribution in [-0.2, 0) is 46.8 Å². The summed E-state index contributed by atoms with van der Waals surface area (Å²) in [6.45, 7) is 3.84. The third-order valence-electron chi connectivity index (χ3n) is 14.3. The molecule has 2 aromatic rings. The number of ether oxygens (including phenoxy) is 3. The van der Waals surface area contributed by atoms with E-state index in [-0.39, 0.29) is 55.5 Å². The third-order valence-corrected chi connectivity index (χ3v) is 16.5. The number of hydrogen-bond donors (Lipinski definition) is 1. The molecule has 1 aromatic carbocycles. The zero-order valence-corrected chi connectivity index (χ0v) is 34.7. The van der Waals surface area contributed by atoms with E-state index in [0.717, 1.165) is 86.4 Å². The van der Waals surface area contributed by atoms with E-state index in [9.17, 15) is 27.6 Å². The lowest BCUT2D eigenvalue weighted by atomic mass is 9.85. The number of amides is 2. The van der Waals surface area contributed by atoms with E-state index < -0.39 is 43.7 Å². The number of ketones is 1. The summed E-state index contributed by atoms with van der Waals surface area (Å²) in [4.78, 5) is 64.0. The second-order valence-electron chi connectivity index (χ2n) is 18.3. The maximum atomic E-state index is 15.0. The summed E-state index contributed by atoms with van der Waals surface area (Å²) in [5.74, 6) is -0.877. The predicted molar refractivity (Wildman–Crippen MR) is 213 cm³/mol. The van der Waals surface area contributed by atoms with Crippen molar-refractivity contribution in [1.82, 2.24) is 14.6 Å². The first-order valence-electron chi connectivity index (χ1n) is 21.6. The van der Waals surface area contributed by atoms with Gasteiger partial charge in [0.25, 0.3) is 0 Å². The molecule has 2 amide bonds. The molecule has 1 aromatic heterocycles. The molecule has 310 valence electrons. The van der Waals surface area contributed by atoms with Gasteiger partial charge < -0.3 is 19.1 Å². The fraction of sp³-hybridized carbons (Fsp3) is 0.705. The van der Waals surface area contributed by atoms with E-state index in [1.807, 2.05) is 25.1 Å². The molecule has 0 unspecified atom stereocenters. The number of hydrogen-bond acceptors (Lipinski definition) is 10. The first kappa shape index (κ1) is 40.1. The minimum absolute atomic E-state index is 0.0494. The number of Topliss-reactive ketones (excluding diaryl/α,β-unsaturated/α-hetero) is 1. The number of sulfonamides is 1. The van der Waals surface area contributed by atoms with Crippen molar-refractivity contribution >= 4 is 44.5 Å². The molecule has 3 aliphatic carbocycles. The molecule has 0 radical (unpaired) electrons. The number of aromatic nitrogens is 1. The van der Waals surface area contributed by atoms with Crippen molar-refractivity contribution in [3.8, 4) is 11.5 Å². The molecule has 57 heavy (non-hydrogen) atoms. The number of nitrogens with one attached hydrogen (secondary N) is 1.